The number of hydrogen-bond acceptors (Lipinski definition) is 3. The van der Waals surface area contributed by atoms with Crippen LogP contribution in [-0.2, 0) is 0 Å². The molecule has 1 atom stereocenters. The van der Waals surface area contributed by atoms with E-state index >= 15 is 0 Å². The van der Waals surface area contributed by atoms with E-state index in [2.05, 4.69) is 20.9 Å². The van der Waals surface area contributed by atoms with Gasteiger partial charge >= 0.3 is 6.03 Å². The Morgan fingerprint density at radius 3 is 3.19 bits per heavy atom. The van der Waals surface area contributed by atoms with Gasteiger partial charge in [-0.15, -0.1) is 0 Å². The molecule has 16 heavy (non-hydrogen) atoms. The van der Waals surface area contributed by atoms with Gasteiger partial charge in [0, 0.05) is 12.7 Å². The van der Waals surface area contributed by atoms with Crippen molar-refractivity contribution in [3.05, 3.63) is 24.4 Å². The van der Waals surface area contributed by atoms with Crippen molar-refractivity contribution >= 4 is 11.8 Å². The molecule has 0 aromatic carbocycles. The van der Waals surface area contributed by atoms with E-state index in [1.165, 1.54) is 0 Å². The second kappa shape index (κ2) is 5.46. The van der Waals surface area contributed by atoms with Crippen molar-refractivity contribution in [2.75, 3.05) is 25.0 Å². The van der Waals surface area contributed by atoms with Crippen LogP contribution in [0.2, 0.25) is 0 Å². The van der Waals surface area contributed by atoms with Gasteiger partial charge in [-0.25, -0.2) is 9.78 Å². The first-order valence-corrected chi connectivity index (χ1v) is 5.51. The number of nitrogens with one attached hydrogen (secondary N) is 3. The molecule has 2 amide bonds. The molecule has 2 heterocycles. The van der Waals surface area contributed by atoms with E-state index in [4.69, 9.17) is 0 Å². The van der Waals surface area contributed by atoms with Crippen LogP contribution in [0.3, 0.4) is 0 Å². The molecule has 0 spiro atoms. The predicted octanol–water partition coefficient (Wildman–Crippen LogP) is 0.813. The lowest BCUT2D eigenvalue weighted by atomic mass is 10.1. The van der Waals surface area contributed by atoms with Crippen molar-refractivity contribution in [3.8, 4) is 0 Å². The van der Waals surface area contributed by atoms with Crippen molar-refractivity contribution in [3.63, 3.8) is 0 Å². The molecule has 0 bridgehead atoms. The van der Waals surface area contributed by atoms with Crippen LogP contribution in [0.4, 0.5) is 10.6 Å². The minimum absolute atomic E-state index is 0.189. The Balaban J connectivity index is 1.72. The lowest BCUT2D eigenvalue weighted by Gasteiger charge is -2.10. The van der Waals surface area contributed by atoms with Gasteiger partial charge in [0.25, 0.3) is 0 Å². The van der Waals surface area contributed by atoms with Crippen molar-refractivity contribution in [2.24, 2.45) is 5.92 Å². The number of nitrogens with zero attached hydrogens (tertiary/aromatic N) is 1. The van der Waals surface area contributed by atoms with Crippen LogP contribution in [0, 0.1) is 5.92 Å². The highest BCUT2D eigenvalue weighted by atomic mass is 16.2. The zero-order valence-electron chi connectivity index (χ0n) is 9.07. The van der Waals surface area contributed by atoms with Gasteiger partial charge in [-0.1, -0.05) is 6.07 Å². The van der Waals surface area contributed by atoms with Crippen LogP contribution < -0.4 is 16.0 Å². The second-order valence-electron chi connectivity index (χ2n) is 3.91. The predicted molar refractivity (Wildman–Crippen MR) is 62.2 cm³/mol. The molecule has 1 aromatic heterocycles. The third-order valence-corrected chi connectivity index (χ3v) is 2.62. The van der Waals surface area contributed by atoms with Crippen LogP contribution in [0.15, 0.2) is 24.4 Å². The quantitative estimate of drug-likeness (QED) is 0.706. The molecule has 3 N–H and O–H groups in total. The molecular formula is C11H16N4O. The van der Waals surface area contributed by atoms with Gasteiger partial charge in [0.05, 0.1) is 0 Å². The van der Waals surface area contributed by atoms with Gasteiger partial charge in [-0.2, -0.15) is 0 Å². The van der Waals surface area contributed by atoms with Crippen molar-refractivity contribution in [2.45, 2.75) is 6.42 Å². The topological polar surface area (TPSA) is 66.1 Å². The van der Waals surface area contributed by atoms with Crippen molar-refractivity contribution < 1.29 is 4.79 Å². The number of rotatable bonds is 3. The number of carbonyl (C=O) groups excluding carboxylic acids is 1. The first kappa shape index (κ1) is 10.9. The summed E-state index contributed by atoms with van der Waals surface area (Å²) < 4.78 is 0. The maximum atomic E-state index is 11.5. The van der Waals surface area contributed by atoms with Gasteiger partial charge in [-0.05, 0) is 37.6 Å². The molecular weight excluding hydrogens is 204 g/mol. The van der Waals surface area contributed by atoms with Gasteiger partial charge in [0.15, 0.2) is 0 Å². The number of anilines is 1. The number of urea groups is 1. The minimum Gasteiger partial charge on any atom is -0.338 e. The molecule has 1 saturated heterocycles. The Kier molecular flexibility index (Phi) is 3.71. The Labute approximate surface area is 94.6 Å². The first-order chi connectivity index (χ1) is 7.84. The van der Waals surface area contributed by atoms with Crippen molar-refractivity contribution in [1.29, 1.82) is 0 Å². The molecule has 0 radical (unpaired) electrons. The molecule has 1 unspecified atom stereocenters. The number of carbonyl (C=O) groups is 1. The third-order valence-electron chi connectivity index (χ3n) is 2.62. The standard InChI is InChI=1S/C11H16N4O/c16-11(14-8-9-4-6-12-7-9)15-10-3-1-2-5-13-10/h1-3,5,9,12H,4,6-8H2,(H2,13,14,15,16). The van der Waals surface area contributed by atoms with E-state index in [0.29, 0.717) is 18.3 Å². The molecule has 5 heteroatoms. The summed E-state index contributed by atoms with van der Waals surface area (Å²) in [7, 11) is 0. The average molecular weight is 220 g/mol. The largest absolute Gasteiger partial charge is 0.338 e. The highest BCUT2D eigenvalue weighted by Gasteiger charge is 2.14. The Bertz CT molecular complexity index is 335. The van der Waals surface area contributed by atoms with Crippen LogP contribution in [0.25, 0.3) is 0 Å². The lowest BCUT2D eigenvalue weighted by Crippen LogP contribution is -2.33. The zero-order chi connectivity index (χ0) is 11.2. The average Bonchev–Trinajstić information content (AvgIpc) is 2.81. The molecule has 1 aromatic rings. The summed E-state index contributed by atoms with van der Waals surface area (Å²) in [5.74, 6) is 1.12. The van der Waals surface area contributed by atoms with Gasteiger partial charge < -0.3 is 10.6 Å². The lowest BCUT2D eigenvalue weighted by molar-refractivity contribution is 0.250. The first-order valence-electron chi connectivity index (χ1n) is 5.51. The maximum Gasteiger partial charge on any atom is 0.320 e. The van der Waals surface area contributed by atoms with Crippen LogP contribution in [-0.4, -0.2) is 30.6 Å². The summed E-state index contributed by atoms with van der Waals surface area (Å²) in [4.78, 5) is 15.5. The van der Waals surface area contributed by atoms with Crippen LogP contribution >= 0.6 is 0 Å². The molecule has 5 nitrogen and oxygen atoms in total. The fourth-order valence-electron chi connectivity index (χ4n) is 1.72. The third kappa shape index (κ3) is 3.20. The maximum absolute atomic E-state index is 11.5. The molecule has 1 fully saturated rings. The van der Waals surface area contributed by atoms with E-state index in [1.54, 1.807) is 12.3 Å². The minimum atomic E-state index is -0.189. The van der Waals surface area contributed by atoms with E-state index in [1.807, 2.05) is 12.1 Å². The monoisotopic (exact) mass is 220 g/mol. The summed E-state index contributed by atoms with van der Waals surface area (Å²) in [6.07, 6.45) is 2.78. The summed E-state index contributed by atoms with van der Waals surface area (Å²) in [6.45, 7) is 2.75. The number of pyridine rings is 1. The fourth-order valence-corrected chi connectivity index (χ4v) is 1.72. The molecule has 0 aliphatic carbocycles. The summed E-state index contributed by atoms with van der Waals surface area (Å²) in [6, 6.07) is 5.22. The molecule has 1 aliphatic rings. The zero-order valence-corrected chi connectivity index (χ0v) is 9.07. The summed E-state index contributed by atoms with van der Waals surface area (Å²) in [5.41, 5.74) is 0. The molecule has 86 valence electrons. The van der Waals surface area contributed by atoms with E-state index in [9.17, 15) is 4.79 Å². The van der Waals surface area contributed by atoms with Gasteiger partial charge in [0.2, 0.25) is 0 Å². The Morgan fingerprint density at radius 2 is 2.50 bits per heavy atom. The Morgan fingerprint density at radius 1 is 1.56 bits per heavy atom. The van der Waals surface area contributed by atoms with Crippen molar-refractivity contribution in [1.82, 2.24) is 15.6 Å². The van der Waals surface area contributed by atoms with Crippen LogP contribution in [0.1, 0.15) is 6.42 Å². The second-order valence-corrected chi connectivity index (χ2v) is 3.91. The van der Waals surface area contributed by atoms with Gasteiger partial charge in [-0.3, -0.25) is 5.32 Å². The normalized spacial score (nSPS) is 19.4. The van der Waals surface area contributed by atoms with E-state index < -0.39 is 0 Å². The van der Waals surface area contributed by atoms with Crippen LogP contribution in [0.5, 0.6) is 0 Å². The molecule has 1 aliphatic heterocycles. The van der Waals surface area contributed by atoms with Gasteiger partial charge in [0.1, 0.15) is 5.82 Å². The summed E-state index contributed by atoms with van der Waals surface area (Å²) in [5, 5.41) is 8.79. The molecule has 2 rings (SSSR count). The van der Waals surface area contributed by atoms with E-state index in [0.717, 1.165) is 19.5 Å². The van der Waals surface area contributed by atoms with E-state index in [-0.39, 0.29) is 6.03 Å². The number of aromatic nitrogens is 1. The SMILES string of the molecule is O=C(NCC1CCNC1)Nc1ccccn1. The smallest absolute Gasteiger partial charge is 0.320 e. The highest BCUT2D eigenvalue weighted by Crippen LogP contribution is 2.05. The number of hydrogen-bond donors (Lipinski definition) is 3. The fraction of sp³-hybridized carbons (Fsp3) is 0.455. The highest BCUT2D eigenvalue weighted by molar-refractivity contribution is 5.88. The Hall–Kier alpha value is -1.62. The summed E-state index contributed by atoms with van der Waals surface area (Å²) >= 11 is 0. The molecule has 0 saturated carbocycles. The number of amides is 2.